The van der Waals surface area contributed by atoms with Crippen molar-refractivity contribution in [3.8, 4) is 11.1 Å². The van der Waals surface area contributed by atoms with E-state index >= 15 is 0 Å². The van der Waals surface area contributed by atoms with E-state index in [2.05, 4.69) is 31.8 Å². The van der Waals surface area contributed by atoms with E-state index in [1.54, 1.807) is 0 Å². The van der Waals surface area contributed by atoms with E-state index < -0.39 is 0 Å². The highest BCUT2D eigenvalue weighted by atomic mass is 31.1. The first kappa shape index (κ1) is 14.0. The van der Waals surface area contributed by atoms with Crippen molar-refractivity contribution in [2.45, 2.75) is 13.3 Å². The zero-order valence-corrected chi connectivity index (χ0v) is 13.1. The van der Waals surface area contributed by atoms with Gasteiger partial charge in [0, 0.05) is 5.39 Å². The van der Waals surface area contributed by atoms with Gasteiger partial charge in [-0.25, -0.2) is 4.79 Å². The summed E-state index contributed by atoms with van der Waals surface area (Å²) in [5.74, 6) is 0. The molecule has 0 aliphatic rings. The lowest BCUT2D eigenvalue weighted by molar-refractivity contribution is 0.563. The molecule has 0 saturated carbocycles. The summed E-state index contributed by atoms with van der Waals surface area (Å²) in [6.45, 7) is 4.26. The molecule has 1 unspecified atom stereocenters. The maximum absolute atomic E-state index is 12.2. The Morgan fingerprint density at radius 3 is 2.48 bits per heavy atom. The predicted octanol–water partition coefficient (Wildman–Crippen LogP) is 3.96. The number of hydrogen-bond acceptors (Lipinski definition) is 2. The second-order valence-corrected chi connectivity index (χ2v) is 6.08. The lowest BCUT2D eigenvalue weighted by Crippen LogP contribution is -2.04. The molecule has 0 spiro atoms. The highest BCUT2D eigenvalue weighted by Gasteiger charge is 2.08. The average molecular weight is 296 g/mol. The van der Waals surface area contributed by atoms with Gasteiger partial charge in [-0.3, -0.25) is 0 Å². The van der Waals surface area contributed by atoms with Gasteiger partial charge < -0.3 is 4.42 Å². The van der Waals surface area contributed by atoms with Crippen LogP contribution in [0.5, 0.6) is 0 Å². The Hall–Kier alpha value is -1.92. The summed E-state index contributed by atoms with van der Waals surface area (Å²) in [4.78, 5) is 12.2. The van der Waals surface area contributed by atoms with Crippen LogP contribution in [0.3, 0.4) is 0 Å². The Morgan fingerprint density at radius 1 is 1.05 bits per heavy atom. The Kier molecular flexibility index (Phi) is 3.90. The Balaban J connectivity index is 2.16. The van der Waals surface area contributed by atoms with Gasteiger partial charge in [0.25, 0.3) is 0 Å². The molecule has 1 aromatic heterocycles. The van der Waals surface area contributed by atoms with Crippen molar-refractivity contribution >= 4 is 24.9 Å². The normalized spacial score (nSPS) is 11.5. The van der Waals surface area contributed by atoms with Crippen LogP contribution in [0.25, 0.3) is 22.1 Å². The molecule has 2 aromatic carbocycles. The van der Waals surface area contributed by atoms with E-state index in [0.29, 0.717) is 11.1 Å². The van der Waals surface area contributed by atoms with E-state index in [1.807, 2.05) is 30.3 Å². The average Bonchev–Trinajstić information content (AvgIpc) is 2.54. The highest BCUT2D eigenvalue weighted by molar-refractivity contribution is 7.46. The van der Waals surface area contributed by atoms with E-state index in [1.165, 1.54) is 10.9 Å². The molecule has 3 rings (SSSR count). The number of benzene rings is 2. The molecule has 0 amide bonds. The van der Waals surface area contributed by atoms with E-state index in [-0.39, 0.29) is 5.63 Å². The van der Waals surface area contributed by atoms with Crippen molar-refractivity contribution in [2.75, 3.05) is 6.66 Å². The lowest BCUT2D eigenvalue weighted by Gasteiger charge is -2.05. The third-order valence-corrected chi connectivity index (χ3v) is 4.58. The molecule has 2 nitrogen and oxygen atoms in total. The fourth-order valence-electron chi connectivity index (χ4n) is 2.40. The highest BCUT2D eigenvalue weighted by Crippen LogP contribution is 2.22. The Morgan fingerprint density at radius 2 is 1.81 bits per heavy atom. The molecule has 0 aliphatic heterocycles. The molecule has 0 radical (unpaired) electrons. The van der Waals surface area contributed by atoms with E-state index in [0.717, 1.165) is 26.0 Å². The summed E-state index contributed by atoms with van der Waals surface area (Å²) in [6.07, 6.45) is 0.993. The molecule has 0 aliphatic carbocycles. The first-order chi connectivity index (χ1) is 10.2. The van der Waals surface area contributed by atoms with Crippen molar-refractivity contribution < 1.29 is 4.42 Å². The van der Waals surface area contributed by atoms with Crippen molar-refractivity contribution in [2.24, 2.45) is 0 Å². The maximum atomic E-state index is 12.2. The van der Waals surface area contributed by atoms with Crippen LogP contribution >= 0.6 is 8.58 Å². The second-order valence-electron chi connectivity index (χ2n) is 5.00. The van der Waals surface area contributed by atoms with Crippen molar-refractivity contribution in [1.82, 2.24) is 0 Å². The van der Waals surface area contributed by atoms with Gasteiger partial charge in [-0.1, -0.05) is 45.8 Å². The second kappa shape index (κ2) is 5.83. The SMILES string of the molecule is CCc1ccc(-c2cc3cc(PC)ccc3oc2=O)cc1. The van der Waals surface area contributed by atoms with Crippen LogP contribution in [-0.4, -0.2) is 6.66 Å². The minimum atomic E-state index is -0.279. The number of hydrogen-bond donors (Lipinski definition) is 0. The number of rotatable bonds is 3. The number of aryl methyl sites for hydroxylation is 1. The van der Waals surface area contributed by atoms with Gasteiger partial charge in [0.2, 0.25) is 0 Å². The quantitative estimate of drug-likeness (QED) is 0.541. The summed E-state index contributed by atoms with van der Waals surface area (Å²) < 4.78 is 5.45. The molecule has 0 bridgehead atoms. The fourth-order valence-corrected chi connectivity index (χ4v) is 2.95. The molecule has 21 heavy (non-hydrogen) atoms. The summed E-state index contributed by atoms with van der Waals surface area (Å²) in [7, 11) is 0.732. The van der Waals surface area contributed by atoms with Crippen molar-refractivity contribution in [3.05, 3.63) is 64.5 Å². The van der Waals surface area contributed by atoms with Crippen LogP contribution in [0.2, 0.25) is 0 Å². The van der Waals surface area contributed by atoms with Crippen LogP contribution in [0, 0.1) is 0 Å². The van der Waals surface area contributed by atoms with Crippen LogP contribution in [0.15, 0.2) is 57.7 Å². The van der Waals surface area contributed by atoms with Gasteiger partial charge in [-0.2, -0.15) is 0 Å². The van der Waals surface area contributed by atoms with Crippen LogP contribution in [0.4, 0.5) is 0 Å². The third kappa shape index (κ3) is 2.77. The molecule has 1 atom stereocenters. The molecule has 3 aromatic rings. The van der Waals surface area contributed by atoms with Gasteiger partial charge in [-0.15, -0.1) is 0 Å². The van der Waals surface area contributed by atoms with E-state index in [4.69, 9.17) is 4.42 Å². The predicted molar refractivity (Wildman–Crippen MR) is 91.2 cm³/mol. The summed E-state index contributed by atoms with van der Waals surface area (Å²) >= 11 is 0. The first-order valence-corrected chi connectivity index (χ1v) is 8.56. The van der Waals surface area contributed by atoms with Gasteiger partial charge in [0.15, 0.2) is 0 Å². The zero-order chi connectivity index (χ0) is 14.8. The third-order valence-electron chi connectivity index (χ3n) is 3.69. The monoisotopic (exact) mass is 296 g/mol. The molecular weight excluding hydrogens is 279 g/mol. The molecule has 3 heteroatoms. The summed E-state index contributed by atoms with van der Waals surface area (Å²) in [5, 5.41) is 2.25. The van der Waals surface area contributed by atoms with Crippen LogP contribution in [0.1, 0.15) is 12.5 Å². The van der Waals surface area contributed by atoms with Gasteiger partial charge in [0.1, 0.15) is 5.58 Å². The molecule has 0 N–H and O–H groups in total. The molecule has 0 saturated heterocycles. The van der Waals surface area contributed by atoms with Gasteiger partial charge in [0.05, 0.1) is 5.56 Å². The Labute approximate surface area is 125 Å². The minimum Gasteiger partial charge on any atom is -0.422 e. The lowest BCUT2D eigenvalue weighted by atomic mass is 10.0. The summed E-state index contributed by atoms with van der Waals surface area (Å²) in [6, 6.07) is 16.0. The molecular formula is C18H17O2P. The standard InChI is InChI=1S/C18H17O2P/c1-3-12-4-6-13(7-5-12)16-11-14-10-15(21-2)8-9-17(14)20-18(16)19/h4-11,21H,3H2,1-2H3. The van der Waals surface area contributed by atoms with Crippen molar-refractivity contribution in [3.63, 3.8) is 0 Å². The maximum Gasteiger partial charge on any atom is 0.344 e. The molecule has 0 fully saturated rings. The zero-order valence-electron chi connectivity index (χ0n) is 12.1. The van der Waals surface area contributed by atoms with E-state index in [9.17, 15) is 4.79 Å². The smallest absolute Gasteiger partial charge is 0.344 e. The van der Waals surface area contributed by atoms with Gasteiger partial charge >= 0.3 is 5.63 Å². The van der Waals surface area contributed by atoms with Crippen LogP contribution < -0.4 is 10.9 Å². The van der Waals surface area contributed by atoms with Crippen LogP contribution in [-0.2, 0) is 6.42 Å². The van der Waals surface area contributed by atoms with Crippen molar-refractivity contribution in [1.29, 1.82) is 0 Å². The molecule has 106 valence electrons. The first-order valence-electron chi connectivity index (χ1n) is 7.06. The Bertz CT molecular complexity index is 832. The largest absolute Gasteiger partial charge is 0.422 e. The topological polar surface area (TPSA) is 30.2 Å². The summed E-state index contributed by atoms with van der Waals surface area (Å²) in [5.41, 5.74) is 3.17. The fraction of sp³-hybridized carbons (Fsp3) is 0.167. The molecule has 1 heterocycles. The van der Waals surface area contributed by atoms with Gasteiger partial charge in [-0.05, 0) is 47.7 Å². The number of fused-ring (bicyclic) bond motifs is 1. The minimum absolute atomic E-state index is 0.279.